The van der Waals surface area contributed by atoms with Gasteiger partial charge in [0.05, 0.1) is 6.54 Å². The number of likely N-dealkylation sites (tertiary alicyclic amines) is 1. The number of hydrogen-bond donors (Lipinski definition) is 1. The standard InChI is InChI=1S/C16H22N2O3/c1-12(2)18(13-7-4-3-5-8-13)15(19)11-17-10-6-9-14(17)16(20)21/h3-5,7-8,12,14H,6,9-11H2,1-2H3,(H,20,21)/t14-/m1/s1. The van der Waals surface area contributed by atoms with Crippen molar-refractivity contribution in [3.8, 4) is 0 Å². The lowest BCUT2D eigenvalue weighted by Gasteiger charge is -2.30. The molecule has 1 atom stereocenters. The van der Waals surface area contributed by atoms with Gasteiger partial charge in [0, 0.05) is 11.7 Å². The molecule has 0 aromatic heterocycles. The Morgan fingerprint density at radius 3 is 2.57 bits per heavy atom. The van der Waals surface area contributed by atoms with E-state index in [1.54, 1.807) is 9.80 Å². The molecule has 1 aliphatic rings. The fourth-order valence-corrected chi connectivity index (χ4v) is 2.86. The number of para-hydroxylation sites is 1. The predicted octanol–water partition coefficient (Wildman–Crippen LogP) is 1.98. The Morgan fingerprint density at radius 1 is 1.33 bits per heavy atom. The molecule has 1 aliphatic heterocycles. The number of hydrogen-bond acceptors (Lipinski definition) is 3. The summed E-state index contributed by atoms with van der Waals surface area (Å²) in [4.78, 5) is 27.3. The minimum atomic E-state index is -0.837. The number of rotatable bonds is 5. The van der Waals surface area contributed by atoms with Crippen molar-refractivity contribution in [3.63, 3.8) is 0 Å². The van der Waals surface area contributed by atoms with Crippen LogP contribution in [0.4, 0.5) is 5.69 Å². The third-order valence-corrected chi connectivity index (χ3v) is 3.81. The van der Waals surface area contributed by atoms with Crippen molar-refractivity contribution in [1.29, 1.82) is 0 Å². The highest BCUT2D eigenvalue weighted by Gasteiger charge is 2.33. The monoisotopic (exact) mass is 290 g/mol. The van der Waals surface area contributed by atoms with E-state index >= 15 is 0 Å². The Bertz CT molecular complexity index is 502. The first-order valence-corrected chi connectivity index (χ1v) is 7.34. The van der Waals surface area contributed by atoms with Crippen LogP contribution in [-0.2, 0) is 9.59 Å². The maximum absolute atomic E-state index is 12.6. The summed E-state index contributed by atoms with van der Waals surface area (Å²) in [6, 6.07) is 9.01. The number of carboxylic acid groups (broad SMARTS) is 1. The second-order valence-electron chi connectivity index (χ2n) is 5.66. The number of benzene rings is 1. The molecule has 0 spiro atoms. The third-order valence-electron chi connectivity index (χ3n) is 3.81. The van der Waals surface area contributed by atoms with E-state index in [1.165, 1.54) is 0 Å². The molecule has 0 radical (unpaired) electrons. The smallest absolute Gasteiger partial charge is 0.320 e. The fourth-order valence-electron chi connectivity index (χ4n) is 2.86. The summed E-state index contributed by atoms with van der Waals surface area (Å²) >= 11 is 0. The van der Waals surface area contributed by atoms with Gasteiger partial charge in [-0.25, -0.2) is 0 Å². The van der Waals surface area contributed by atoms with Crippen molar-refractivity contribution in [2.75, 3.05) is 18.0 Å². The van der Waals surface area contributed by atoms with E-state index in [0.717, 1.165) is 12.1 Å². The van der Waals surface area contributed by atoms with Crippen LogP contribution in [0, 0.1) is 0 Å². The van der Waals surface area contributed by atoms with Gasteiger partial charge in [-0.15, -0.1) is 0 Å². The van der Waals surface area contributed by atoms with Gasteiger partial charge in [0.25, 0.3) is 0 Å². The first-order valence-electron chi connectivity index (χ1n) is 7.34. The van der Waals surface area contributed by atoms with Crippen molar-refractivity contribution in [2.24, 2.45) is 0 Å². The van der Waals surface area contributed by atoms with E-state index in [1.807, 2.05) is 44.2 Å². The predicted molar refractivity (Wildman–Crippen MR) is 81.3 cm³/mol. The first-order chi connectivity index (χ1) is 10.0. The molecule has 5 heteroatoms. The molecule has 0 bridgehead atoms. The summed E-state index contributed by atoms with van der Waals surface area (Å²) in [6.45, 7) is 4.75. The molecule has 0 aliphatic carbocycles. The highest BCUT2D eigenvalue weighted by Crippen LogP contribution is 2.20. The normalized spacial score (nSPS) is 18.9. The molecule has 1 fully saturated rings. The van der Waals surface area contributed by atoms with Gasteiger partial charge in [0.1, 0.15) is 6.04 Å². The Kier molecular flexibility index (Phi) is 4.96. The van der Waals surface area contributed by atoms with E-state index in [-0.39, 0.29) is 18.5 Å². The molecule has 1 aromatic carbocycles. The van der Waals surface area contributed by atoms with E-state index in [9.17, 15) is 14.7 Å². The lowest BCUT2D eigenvalue weighted by molar-refractivity contribution is -0.142. The van der Waals surface area contributed by atoms with Crippen LogP contribution in [0.3, 0.4) is 0 Å². The molecule has 1 aromatic rings. The van der Waals surface area contributed by atoms with Crippen LogP contribution >= 0.6 is 0 Å². The number of nitrogens with zero attached hydrogens (tertiary/aromatic N) is 2. The minimum absolute atomic E-state index is 0.0331. The average Bonchev–Trinajstić information content (AvgIpc) is 2.88. The minimum Gasteiger partial charge on any atom is -0.480 e. The number of amides is 1. The highest BCUT2D eigenvalue weighted by molar-refractivity contribution is 5.95. The largest absolute Gasteiger partial charge is 0.480 e. The van der Waals surface area contributed by atoms with Gasteiger partial charge in [-0.3, -0.25) is 14.5 Å². The van der Waals surface area contributed by atoms with Gasteiger partial charge in [0.2, 0.25) is 5.91 Å². The number of carbonyl (C=O) groups excluding carboxylic acids is 1. The molecular formula is C16H22N2O3. The molecule has 1 amide bonds. The van der Waals surface area contributed by atoms with Crippen LogP contribution < -0.4 is 4.90 Å². The summed E-state index contributed by atoms with van der Waals surface area (Å²) in [5.41, 5.74) is 0.851. The molecule has 1 N–H and O–H groups in total. The lowest BCUT2D eigenvalue weighted by Crippen LogP contribution is -2.47. The number of carbonyl (C=O) groups is 2. The Morgan fingerprint density at radius 2 is 2.00 bits per heavy atom. The molecule has 0 unspecified atom stereocenters. The van der Waals surface area contributed by atoms with Gasteiger partial charge in [-0.05, 0) is 45.4 Å². The van der Waals surface area contributed by atoms with Gasteiger partial charge >= 0.3 is 5.97 Å². The Labute approximate surface area is 125 Å². The van der Waals surface area contributed by atoms with Gasteiger partial charge in [-0.1, -0.05) is 18.2 Å². The summed E-state index contributed by atoms with van der Waals surface area (Å²) in [7, 11) is 0. The van der Waals surface area contributed by atoms with Crippen molar-refractivity contribution >= 4 is 17.6 Å². The first kappa shape index (κ1) is 15.5. The van der Waals surface area contributed by atoms with Gasteiger partial charge in [-0.2, -0.15) is 0 Å². The van der Waals surface area contributed by atoms with E-state index < -0.39 is 12.0 Å². The zero-order valence-corrected chi connectivity index (χ0v) is 12.5. The van der Waals surface area contributed by atoms with Crippen molar-refractivity contribution in [2.45, 2.75) is 38.8 Å². The Hall–Kier alpha value is -1.88. The Balaban J connectivity index is 2.11. The molecule has 2 rings (SSSR count). The summed E-state index contributed by atoms with van der Waals surface area (Å²) in [5, 5.41) is 9.19. The molecule has 114 valence electrons. The van der Waals surface area contributed by atoms with Gasteiger partial charge < -0.3 is 10.0 Å². The third kappa shape index (κ3) is 3.61. The van der Waals surface area contributed by atoms with E-state index in [4.69, 9.17) is 0 Å². The summed E-state index contributed by atoms with van der Waals surface area (Å²) in [5.74, 6) is -0.888. The average molecular weight is 290 g/mol. The fraction of sp³-hybridized carbons (Fsp3) is 0.500. The van der Waals surface area contributed by atoms with Crippen LogP contribution in [0.5, 0.6) is 0 Å². The van der Waals surface area contributed by atoms with Crippen molar-refractivity contribution < 1.29 is 14.7 Å². The molecule has 1 saturated heterocycles. The number of carboxylic acids is 1. The number of aliphatic carboxylic acids is 1. The van der Waals surface area contributed by atoms with Crippen LogP contribution in [0.1, 0.15) is 26.7 Å². The maximum Gasteiger partial charge on any atom is 0.320 e. The highest BCUT2D eigenvalue weighted by atomic mass is 16.4. The number of anilines is 1. The van der Waals surface area contributed by atoms with Crippen LogP contribution in [-0.4, -0.2) is 47.1 Å². The zero-order valence-electron chi connectivity index (χ0n) is 12.5. The van der Waals surface area contributed by atoms with E-state index in [2.05, 4.69) is 0 Å². The second kappa shape index (κ2) is 6.72. The van der Waals surface area contributed by atoms with Crippen molar-refractivity contribution in [1.82, 2.24) is 4.90 Å². The second-order valence-corrected chi connectivity index (χ2v) is 5.66. The SMILES string of the molecule is CC(C)N(C(=O)CN1CCC[C@@H]1C(=O)O)c1ccccc1. The van der Waals surface area contributed by atoms with Crippen LogP contribution in [0.25, 0.3) is 0 Å². The van der Waals surface area contributed by atoms with Gasteiger partial charge in [0.15, 0.2) is 0 Å². The van der Waals surface area contributed by atoms with Crippen LogP contribution in [0.2, 0.25) is 0 Å². The molecule has 21 heavy (non-hydrogen) atoms. The molecular weight excluding hydrogens is 268 g/mol. The molecule has 1 heterocycles. The quantitative estimate of drug-likeness (QED) is 0.900. The van der Waals surface area contributed by atoms with Crippen LogP contribution in [0.15, 0.2) is 30.3 Å². The van der Waals surface area contributed by atoms with E-state index in [0.29, 0.717) is 13.0 Å². The molecule has 0 saturated carbocycles. The zero-order chi connectivity index (χ0) is 15.4. The lowest BCUT2D eigenvalue weighted by atomic mass is 10.2. The molecule has 5 nitrogen and oxygen atoms in total. The maximum atomic E-state index is 12.6. The van der Waals surface area contributed by atoms with Crippen molar-refractivity contribution in [3.05, 3.63) is 30.3 Å². The summed E-state index contributed by atoms with van der Waals surface area (Å²) in [6.07, 6.45) is 1.45. The topological polar surface area (TPSA) is 60.9 Å². The summed E-state index contributed by atoms with van der Waals surface area (Å²) < 4.78 is 0.